The van der Waals surface area contributed by atoms with Crippen LogP contribution in [0.15, 0.2) is 47.5 Å². The Morgan fingerprint density at radius 1 is 0.390 bits per heavy atom. The molecule has 0 saturated heterocycles. The lowest BCUT2D eigenvalue weighted by atomic mass is 9.83. The van der Waals surface area contributed by atoms with Gasteiger partial charge in [0.15, 0.2) is 0 Å². The van der Waals surface area contributed by atoms with Gasteiger partial charge in [0.1, 0.15) is 53.4 Å². The summed E-state index contributed by atoms with van der Waals surface area (Å²) in [5.41, 5.74) is -34.1. The Hall–Kier alpha value is -7.56. The molecule has 0 amide bonds. The first-order valence-electron chi connectivity index (χ1n) is 15.1. The molecule has 0 bridgehead atoms. The molecule has 0 saturated carbocycles. The lowest BCUT2D eigenvalue weighted by Gasteiger charge is -2.22. The molecule has 3 aromatic rings. The van der Waals surface area contributed by atoms with E-state index in [1.807, 2.05) is 0 Å². The quantitative estimate of drug-likeness (QED) is 0.186. The number of halogens is 16. The van der Waals surface area contributed by atoms with E-state index in [-0.39, 0.29) is 24.3 Å². The molecule has 0 aliphatic heterocycles. The van der Waals surface area contributed by atoms with Crippen molar-refractivity contribution in [3.05, 3.63) is 115 Å². The second-order valence-electron chi connectivity index (χ2n) is 11.9. The summed E-state index contributed by atoms with van der Waals surface area (Å²) in [6, 6.07) is 4.80. The highest BCUT2D eigenvalue weighted by molar-refractivity contribution is 6.31. The summed E-state index contributed by atoms with van der Waals surface area (Å²) in [6.45, 7) is 0. The molecular weight excluding hydrogens is 832 g/mol. The maximum absolute atomic E-state index is 17.2. The molecule has 22 heteroatoms. The van der Waals surface area contributed by atoms with Crippen molar-refractivity contribution < 1.29 is 70.2 Å². The van der Waals surface area contributed by atoms with Gasteiger partial charge in [0.05, 0.1) is 39.0 Å². The fraction of sp³-hybridized carbons (Fsp3) is 0.135. The van der Waals surface area contributed by atoms with Crippen LogP contribution in [-0.4, -0.2) is 0 Å². The Kier molecular flexibility index (Phi) is 9.98. The summed E-state index contributed by atoms with van der Waals surface area (Å²) < 4.78 is 231. The lowest BCUT2D eigenvalue weighted by Crippen LogP contribution is -2.16. The van der Waals surface area contributed by atoms with Crippen LogP contribution in [-0.2, 0) is 30.9 Å². The number of hydrogen-bond donors (Lipinski definition) is 0. The van der Waals surface area contributed by atoms with Crippen LogP contribution in [0.4, 0.5) is 70.2 Å². The number of allylic oxidation sites excluding steroid dienone is 8. The molecule has 5 rings (SSSR count). The predicted molar refractivity (Wildman–Crippen MR) is 165 cm³/mol. The molecule has 2 aliphatic carbocycles. The first kappa shape index (κ1) is 42.6. The molecule has 0 atom stereocenters. The van der Waals surface area contributed by atoms with E-state index in [0.29, 0.717) is 0 Å². The average Bonchev–Trinajstić information content (AvgIpc) is 3.64. The third kappa shape index (κ3) is 6.96. The minimum atomic E-state index is -6.15. The zero-order chi connectivity index (χ0) is 44.5. The number of hydrogen-bond acceptors (Lipinski definition) is 6. The highest BCUT2D eigenvalue weighted by Gasteiger charge is 2.51. The van der Waals surface area contributed by atoms with E-state index in [9.17, 15) is 84.3 Å². The van der Waals surface area contributed by atoms with Gasteiger partial charge in [0, 0.05) is 44.5 Å². The Labute approximate surface area is 317 Å². The summed E-state index contributed by atoms with van der Waals surface area (Å²) in [4.78, 5) is 0. The standard InChI is InChI=1S/C37H6F16N6/c38-32-27-21(11-58)23(13-1-17(33(39,40)41)5-18(2-13)34(42,43)44)25(15(7-54)8-55)29(27)31(37(51,52)53)30-26(16(9-56)10-57)24(22(12-59)28(30)32)14-3-19(35(45,46)47)6-20(4-14)36(48,49)50/h1-6H. The molecule has 6 nitrogen and oxygen atoms in total. The fourth-order valence-corrected chi connectivity index (χ4v) is 6.50. The molecule has 0 fully saturated rings. The molecule has 2 aliphatic rings. The Bertz CT molecular complexity index is 2540. The molecule has 0 aromatic heterocycles. The van der Waals surface area contributed by atoms with Crippen LogP contribution in [0.3, 0.4) is 0 Å². The minimum absolute atomic E-state index is 0.154. The maximum Gasteiger partial charge on any atom is 0.417 e. The number of rotatable bonds is 2. The lowest BCUT2D eigenvalue weighted by molar-refractivity contribution is -0.144. The highest BCUT2D eigenvalue weighted by Crippen LogP contribution is 2.61. The van der Waals surface area contributed by atoms with Gasteiger partial charge in [-0.05, 0) is 47.5 Å². The first-order valence-corrected chi connectivity index (χ1v) is 15.1. The van der Waals surface area contributed by atoms with Crippen LogP contribution in [0.2, 0.25) is 0 Å². The van der Waals surface area contributed by atoms with Crippen LogP contribution in [0.1, 0.15) is 61.2 Å². The summed E-state index contributed by atoms with van der Waals surface area (Å²) >= 11 is 0. The third-order valence-corrected chi connectivity index (χ3v) is 8.65. The van der Waals surface area contributed by atoms with Gasteiger partial charge in [-0.3, -0.25) is 0 Å². The summed E-state index contributed by atoms with van der Waals surface area (Å²) in [5, 5.41) is 59.8. The predicted octanol–water partition coefficient (Wildman–Crippen LogP) is 11.4. The molecular formula is C37H6F16N6. The van der Waals surface area contributed by atoms with Crippen LogP contribution in [0.25, 0.3) is 33.4 Å². The van der Waals surface area contributed by atoms with E-state index in [0.717, 1.165) is 36.4 Å². The van der Waals surface area contributed by atoms with E-state index in [1.54, 1.807) is 0 Å². The van der Waals surface area contributed by atoms with E-state index in [2.05, 4.69) is 0 Å². The van der Waals surface area contributed by atoms with Crippen molar-refractivity contribution in [1.82, 2.24) is 0 Å². The zero-order valence-electron chi connectivity index (χ0n) is 27.7. The normalized spacial score (nSPS) is 14.1. The van der Waals surface area contributed by atoms with Gasteiger partial charge in [-0.15, -0.1) is 0 Å². The third-order valence-electron chi connectivity index (χ3n) is 8.65. The van der Waals surface area contributed by atoms with Crippen molar-refractivity contribution in [2.75, 3.05) is 0 Å². The van der Waals surface area contributed by atoms with Crippen molar-refractivity contribution in [2.24, 2.45) is 0 Å². The Morgan fingerprint density at radius 2 is 0.661 bits per heavy atom. The monoisotopic (exact) mass is 838 g/mol. The first-order chi connectivity index (χ1) is 27.1. The van der Waals surface area contributed by atoms with Gasteiger partial charge in [0.25, 0.3) is 0 Å². The van der Waals surface area contributed by atoms with Gasteiger partial charge in [0.2, 0.25) is 0 Å². The topological polar surface area (TPSA) is 143 Å². The minimum Gasteiger partial charge on any atom is -0.206 e. The van der Waals surface area contributed by atoms with E-state index >= 15 is 17.6 Å². The zero-order valence-corrected chi connectivity index (χ0v) is 27.7. The number of nitrogens with zero attached hydrogens (tertiary/aromatic N) is 6. The number of alkyl halides is 15. The molecule has 59 heavy (non-hydrogen) atoms. The van der Waals surface area contributed by atoms with E-state index < -0.39 is 155 Å². The largest absolute Gasteiger partial charge is 0.417 e. The van der Waals surface area contributed by atoms with Gasteiger partial charge in [-0.1, -0.05) is 0 Å². The molecule has 0 spiro atoms. The average molecular weight is 838 g/mol. The number of fused-ring (bicyclic) bond motifs is 2. The molecule has 0 heterocycles. The van der Waals surface area contributed by atoms with Crippen molar-refractivity contribution in [1.29, 1.82) is 31.6 Å². The summed E-state index contributed by atoms with van der Waals surface area (Å²) in [7, 11) is 0. The smallest absolute Gasteiger partial charge is 0.206 e. The van der Waals surface area contributed by atoms with E-state index in [4.69, 9.17) is 0 Å². The fourth-order valence-electron chi connectivity index (χ4n) is 6.50. The van der Waals surface area contributed by atoms with Crippen LogP contribution < -0.4 is 0 Å². The number of nitriles is 6. The number of benzene rings is 3. The van der Waals surface area contributed by atoms with Crippen LogP contribution in [0, 0.1) is 73.8 Å². The molecule has 0 unspecified atom stereocenters. The summed E-state index contributed by atoms with van der Waals surface area (Å²) in [5.74, 6) is -2.28. The van der Waals surface area contributed by atoms with Gasteiger partial charge >= 0.3 is 30.9 Å². The second-order valence-corrected chi connectivity index (χ2v) is 11.9. The van der Waals surface area contributed by atoms with E-state index in [1.165, 1.54) is 0 Å². The van der Waals surface area contributed by atoms with Gasteiger partial charge in [-0.2, -0.15) is 97.4 Å². The molecule has 296 valence electrons. The summed E-state index contributed by atoms with van der Waals surface area (Å²) in [6.07, 6.45) is -28.8. The van der Waals surface area contributed by atoms with Crippen LogP contribution >= 0.6 is 0 Å². The SMILES string of the molecule is N#CC(C#N)=C1C(c2cc(C(F)(F)F)cc(C(F)(F)F)c2)=C(C#N)c2c(F)c3c(c(C(F)(F)F)c21)C(=C(C#N)C#N)C(c1cc(C(F)(F)F)cc(C(F)(F)F)c1)=C3C#N. The second kappa shape index (κ2) is 13.8. The van der Waals surface area contributed by atoms with Gasteiger partial charge < -0.3 is 0 Å². The maximum atomic E-state index is 17.2. The Morgan fingerprint density at radius 3 is 0.864 bits per heavy atom. The Balaban J connectivity index is 2.15. The van der Waals surface area contributed by atoms with Crippen LogP contribution in [0.5, 0.6) is 0 Å². The molecule has 0 N–H and O–H groups in total. The van der Waals surface area contributed by atoms with Crippen molar-refractivity contribution in [2.45, 2.75) is 30.9 Å². The molecule has 0 radical (unpaired) electrons. The van der Waals surface area contributed by atoms with Crippen molar-refractivity contribution in [3.63, 3.8) is 0 Å². The van der Waals surface area contributed by atoms with Gasteiger partial charge in [-0.25, -0.2) is 4.39 Å². The van der Waals surface area contributed by atoms with Crippen molar-refractivity contribution >= 4 is 33.4 Å². The van der Waals surface area contributed by atoms with Crippen molar-refractivity contribution in [3.8, 4) is 36.4 Å². The molecule has 3 aromatic carbocycles. The highest BCUT2D eigenvalue weighted by atomic mass is 19.4.